The maximum absolute atomic E-state index is 5.38. The third-order valence-corrected chi connectivity index (χ3v) is 3.72. The van der Waals surface area contributed by atoms with Crippen molar-refractivity contribution in [3.63, 3.8) is 0 Å². The highest BCUT2D eigenvalue weighted by molar-refractivity contribution is 4.72. The molecule has 1 aliphatic rings. The fourth-order valence-corrected chi connectivity index (χ4v) is 2.30. The predicted molar refractivity (Wildman–Crippen MR) is 68.8 cm³/mol. The Bertz CT molecular complexity index is 167. The Morgan fingerprint density at radius 1 is 1.31 bits per heavy atom. The Morgan fingerprint density at radius 2 is 2.00 bits per heavy atom. The zero-order valence-electron chi connectivity index (χ0n) is 11.2. The van der Waals surface area contributed by atoms with E-state index >= 15 is 0 Å². The summed E-state index contributed by atoms with van der Waals surface area (Å²) in [6.07, 6.45) is 6.91. The first kappa shape index (κ1) is 13.9. The fraction of sp³-hybridized carbons (Fsp3) is 1.00. The lowest BCUT2D eigenvalue weighted by Gasteiger charge is -2.31. The van der Waals surface area contributed by atoms with Crippen LogP contribution in [0.3, 0.4) is 0 Å². The van der Waals surface area contributed by atoms with Crippen molar-refractivity contribution in [1.82, 2.24) is 10.2 Å². The number of piperidine rings is 1. The van der Waals surface area contributed by atoms with Crippen molar-refractivity contribution in [1.29, 1.82) is 0 Å². The van der Waals surface area contributed by atoms with Crippen molar-refractivity contribution in [2.24, 2.45) is 0 Å². The Morgan fingerprint density at radius 3 is 2.56 bits per heavy atom. The van der Waals surface area contributed by atoms with Gasteiger partial charge in [-0.15, -0.1) is 0 Å². The molecule has 1 rings (SSSR count). The lowest BCUT2D eigenvalue weighted by molar-refractivity contribution is 0.0406. The quantitative estimate of drug-likeness (QED) is 0.673. The molecule has 0 spiro atoms. The summed E-state index contributed by atoms with van der Waals surface area (Å²) >= 11 is 0. The lowest BCUT2D eigenvalue weighted by atomic mass is 10.1. The summed E-state index contributed by atoms with van der Waals surface area (Å²) in [6.45, 7) is 5.97. The first-order valence-electron chi connectivity index (χ1n) is 6.68. The van der Waals surface area contributed by atoms with Gasteiger partial charge in [0.25, 0.3) is 0 Å². The van der Waals surface area contributed by atoms with Crippen LogP contribution in [-0.2, 0) is 4.74 Å². The van der Waals surface area contributed by atoms with E-state index in [2.05, 4.69) is 17.1 Å². The van der Waals surface area contributed by atoms with Crippen molar-refractivity contribution in [3.05, 3.63) is 0 Å². The molecule has 0 aromatic rings. The average molecular weight is 228 g/mol. The van der Waals surface area contributed by atoms with Crippen molar-refractivity contribution < 1.29 is 4.74 Å². The normalized spacial score (nSPS) is 21.2. The van der Waals surface area contributed by atoms with Gasteiger partial charge in [-0.2, -0.15) is 0 Å². The Balaban J connectivity index is 1.98. The number of methoxy groups -OCH3 is 1. The van der Waals surface area contributed by atoms with E-state index in [4.69, 9.17) is 4.74 Å². The topological polar surface area (TPSA) is 24.5 Å². The van der Waals surface area contributed by atoms with Gasteiger partial charge in [0, 0.05) is 26.2 Å². The smallest absolute Gasteiger partial charge is 0.0595 e. The van der Waals surface area contributed by atoms with Crippen LogP contribution in [0.25, 0.3) is 0 Å². The SMILES string of the molecule is CNC(C)CCCCN1CCC(OC)CC1. The van der Waals surface area contributed by atoms with E-state index in [0.717, 1.165) is 0 Å². The van der Waals surface area contributed by atoms with Crippen LogP contribution >= 0.6 is 0 Å². The number of hydrogen-bond acceptors (Lipinski definition) is 3. The van der Waals surface area contributed by atoms with Gasteiger partial charge in [-0.1, -0.05) is 6.42 Å². The molecule has 1 saturated heterocycles. The molecule has 1 heterocycles. The van der Waals surface area contributed by atoms with Gasteiger partial charge in [-0.05, 0) is 46.2 Å². The Kier molecular flexibility index (Phi) is 7.01. The van der Waals surface area contributed by atoms with Crippen molar-refractivity contribution in [2.75, 3.05) is 33.8 Å². The molecule has 0 aromatic carbocycles. The molecule has 3 heteroatoms. The molecule has 0 aromatic heterocycles. The zero-order valence-corrected chi connectivity index (χ0v) is 11.2. The van der Waals surface area contributed by atoms with Crippen LogP contribution in [0.4, 0.5) is 0 Å². The third-order valence-electron chi connectivity index (χ3n) is 3.72. The van der Waals surface area contributed by atoms with E-state index < -0.39 is 0 Å². The molecular weight excluding hydrogens is 200 g/mol. The largest absolute Gasteiger partial charge is 0.381 e. The molecule has 0 bridgehead atoms. The molecule has 3 nitrogen and oxygen atoms in total. The zero-order chi connectivity index (χ0) is 11.8. The molecule has 1 unspecified atom stereocenters. The van der Waals surface area contributed by atoms with Gasteiger partial charge in [0.2, 0.25) is 0 Å². The van der Waals surface area contributed by atoms with E-state index in [1.807, 2.05) is 14.2 Å². The monoisotopic (exact) mass is 228 g/mol. The van der Waals surface area contributed by atoms with Gasteiger partial charge in [0.05, 0.1) is 6.10 Å². The van der Waals surface area contributed by atoms with Crippen LogP contribution in [0.5, 0.6) is 0 Å². The summed E-state index contributed by atoms with van der Waals surface area (Å²) in [5.41, 5.74) is 0. The van der Waals surface area contributed by atoms with E-state index in [1.54, 1.807) is 0 Å². The van der Waals surface area contributed by atoms with Crippen LogP contribution in [0, 0.1) is 0 Å². The maximum Gasteiger partial charge on any atom is 0.0595 e. The van der Waals surface area contributed by atoms with Crippen molar-refractivity contribution in [2.45, 2.75) is 51.2 Å². The van der Waals surface area contributed by atoms with Gasteiger partial charge in [-0.25, -0.2) is 0 Å². The molecule has 0 amide bonds. The van der Waals surface area contributed by atoms with E-state index in [-0.39, 0.29) is 0 Å². The summed E-state index contributed by atoms with van der Waals surface area (Å²) in [5.74, 6) is 0. The average Bonchev–Trinajstić information content (AvgIpc) is 2.35. The standard InChI is InChI=1S/C13H28N2O/c1-12(14-2)6-4-5-9-15-10-7-13(16-3)8-11-15/h12-14H,4-11H2,1-3H3. The molecule has 1 atom stereocenters. The molecule has 16 heavy (non-hydrogen) atoms. The summed E-state index contributed by atoms with van der Waals surface area (Å²) in [5, 5.41) is 3.29. The number of hydrogen-bond donors (Lipinski definition) is 1. The fourth-order valence-electron chi connectivity index (χ4n) is 2.30. The minimum Gasteiger partial charge on any atom is -0.381 e. The number of likely N-dealkylation sites (tertiary alicyclic amines) is 1. The molecule has 1 N–H and O–H groups in total. The Labute approximate surface area is 101 Å². The molecule has 96 valence electrons. The molecule has 1 fully saturated rings. The first-order valence-corrected chi connectivity index (χ1v) is 6.68. The number of nitrogens with one attached hydrogen (secondary N) is 1. The number of ether oxygens (including phenoxy) is 1. The van der Waals surface area contributed by atoms with E-state index in [0.29, 0.717) is 12.1 Å². The van der Waals surface area contributed by atoms with Crippen LogP contribution in [-0.4, -0.2) is 50.8 Å². The third kappa shape index (κ3) is 5.28. The van der Waals surface area contributed by atoms with Gasteiger partial charge in [0.1, 0.15) is 0 Å². The van der Waals surface area contributed by atoms with Crippen LogP contribution in [0.15, 0.2) is 0 Å². The molecule has 0 aliphatic carbocycles. The van der Waals surface area contributed by atoms with Crippen LogP contribution in [0.2, 0.25) is 0 Å². The predicted octanol–water partition coefficient (Wildman–Crippen LogP) is 1.88. The highest BCUT2D eigenvalue weighted by atomic mass is 16.5. The molecule has 0 saturated carbocycles. The summed E-state index contributed by atoms with van der Waals surface area (Å²) in [7, 11) is 3.87. The number of nitrogens with zero attached hydrogens (tertiary/aromatic N) is 1. The molecule has 1 aliphatic heterocycles. The van der Waals surface area contributed by atoms with Gasteiger partial charge >= 0.3 is 0 Å². The number of unbranched alkanes of at least 4 members (excludes halogenated alkanes) is 1. The lowest BCUT2D eigenvalue weighted by Crippen LogP contribution is -2.37. The molecular formula is C13H28N2O. The minimum atomic E-state index is 0.514. The van der Waals surface area contributed by atoms with Crippen LogP contribution in [0.1, 0.15) is 39.0 Å². The second kappa shape index (κ2) is 8.04. The second-order valence-corrected chi connectivity index (χ2v) is 4.96. The van der Waals surface area contributed by atoms with Crippen molar-refractivity contribution in [3.8, 4) is 0 Å². The second-order valence-electron chi connectivity index (χ2n) is 4.96. The van der Waals surface area contributed by atoms with Gasteiger partial charge in [0.15, 0.2) is 0 Å². The van der Waals surface area contributed by atoms with Crippen molar-refractivity contribution >= 4 is 0 Å². The van der Waals surface area contributed by atoms with Gasteiger partial charge in [-0.3, -0.25) is 0 Å². The maximum atomic E-state index is 5.38. The van der Waals surface area contributed by atoms with E-state index in [1.165, 1.54) is 51.7 Å². The van der Waals surface area contributed by atoms with Gasteiger partial charge < -0.3 is 15.0 Å². The number of rotatable bonds is 7. The minimum absolute atomic E-state index is 0.514. The summed E-state index contributed by atoms with van der Waals surface area (Å²) < 4.78 is 5.38. The Hall–Kier alpha value is -0.120. The summed E-state index contributed by atoms with van der Waals surface area (Å²) in [4.78, 5) is 2.58. The summed E-state index contributed by atoms with van der Waals surface area (Å²) in [6, 6.07) is 0.666. The van der Waals surface area contributed by atoms with Crippen LogP contribution < -0.4 is 5.32 Å². The first-order chi connectivity index (χ1) is 7.76. The molecule has 0 radical (unpaired) electrons. The van der Waals surface area contributed by atoms with E-state index in [9.17, 15) is 0 Å². The highest BCUT2D eigenvalue weighted by Crippen LogP contribution is 2.13. The highest BCUT2D eigenvalue weighted by Gasteiger charge is 2.17.